The summed E-state index contributed by atoms with van der Waals surface area (Å²) in [5.41, 5.74) is 5.22. The van der Waals surface area contributed by atoms with Crippen LogP contribution in [0.15, 0.2) is 24.3 Å². The van der Waals surface area contributed by atoms with Crippen LogP contribution < -0.4 is 20.9 Å². The van der Waals surface area contributed by atoms with Crippen LogP contribution >= 0.6 is 0 Å². The molecule has 0 unspecified atom stereocenters. The molecule has 0 spiro atoms. The first-order valence-electron chi connectivity index (χ1n) is 6.99. The summed E-state index contributed by atoms with van der Waals surface area (Å²) < 4.78 is 5.33. The molecule has 1 atom stereocenters. The van der Waals surface area contributed by atoms with Gasteiger partial charge in [0.05, 0.1) is 12.6 Å². The molecule has 5 heteroatoms. The van der Waals surface area contributed by atoms with Gasteiger partial charge < -0.3 is 9.64 Å². The molecule has 1 aliphatic heterocycles. The first-order chi connectivity index (χ1) is 9.81. The third-order valence-electron chi connectivity index (χ3n) is 3.99. The molecular weight excluding hydrogens is 266 g/mol. The van der Waals surface area contributed by atoms with E-state index in [9.17, 15) is 4.79 Å². The first-order valence-corrected chi connectivity index (χ1v) is 6.99. The number of rotatable bonds is 3. The van der Waals surface area contributed by atoms with Gasteiger partial charge in [0.1, 0.15) is 11.8 Å². The minimum atomic E-state index is -0.389. The summed E-state index contributed by atoms with van der Waals surface area (Å²) in [5.74, 6) is 5.86. The van der Waals surface area contributed by atoms with Crippen LogP contribution in [-0.2, 0) is 4.79 Å². The van der Waals surface area contributed by atoms with E-state index in [4.69, 9.17) is 10.6 Å². The Labute approximate surface area is 125 Å². The highest BCUT2D eigenvalue weighted by atomic mass is 16.5. The summed E-state index contributed by atoms with van der Waals surface area (Å²) in [6, 6.07) is 5.53. The van der Waals surface area contributed by atoms with E-state index in [2.05, 4.69) is 37.2 Å². The number of nitrogens with two attached hydrogens (primary N) is 1. The highest BCUT2D eigenvalue weighted by Gasteiger charge is 2.37. The average molecular weight is 289 g/mol. The minimum Gasteiger partial charge on any atom is -0.497 e. The van der Waals surface area contributed by atoms with Gasteiger partial charge in [-0.25, -0.2) is 5.84 Å². The molecule has 0 bridgehead atoms. The van der Waals surface area contributed by atoms with E-state index in [1.807, 2.05) is 25.1 Å². The van der Waals surface area contributed by atoms with Crippen molar-refractivity contribution in [3.63, 3.8) is 0 Å². The van der Waals surface area contributed by atoms with Crippen molar-refractivity contribution in [3.05, 3.63) is 29.8 Å². The predicted molar refractivity (Wildman–Crippen MR) is 85.0 cm³/mol. The smallest absolute Gasteiger partial charge is 0.256 e. The van der Waals surface area contributed by atoms with Crippen LogP contribution in [0.2, 0.25) is 0 Å². The number of hydrogen-bond acceptors (Lipinski definition) is 4. The summed E-state index contributed by atoms with van der Waals surface area (Å²) in [5, 5.41) is 0. The zero-order valence-electron chi connectivity index (χ0n) is 13.2. The van der Waals surface area contributed by atoms with Crippen molar-refractivity contribution in [3.8, 4) is 5.75 Å². The second-order valence-corrected chi connectivity index (χ2v) is 5.92. The minimum absolute atomic E-state index is 0.218. The maximum absolute atomic E-state index is 12.0. The molecule has 0 radical (unpaired) electrons. The van der Waals surface area contributed by atoms with Gasteiger partial charge in [0, 0.05) is 17.3 Å². The van der Waals surface area contributed by atoms with Crippen molar-refractivity contribution in [2.75, 3.05) is 12.0 Å². The van der Waals surface area contributed by atoms with Crippen LogP contribution in [0.1, 0.15) is 33.3 Å². The normalized spacial score (nSPS) is 17.6. The number of benzene rings is 1. The molecule has 3 N–H and O–H groups in total. The number of carbonyl (C=O) groups is 1. The van der Waals surface area contributed by atoms with Crippen LogP contribution in [0.25, 0.3) is 5.57 Å². The van der Waals surface area contributed by atoms with Crippen molar-refractivity contribution < 1.29 is 9.53 Å². The van der Waals surface area contributed by atoms with Crippen molar-refractivity contribution >= 4 is 17.2 Å². The molecule has 2 rings (SSSR count). The third-order valence-corrected chi connectivity index (χ3v) is 3.99. The molecule has 1 amide bonds. The van der Waals surface area contributed by atoms with Gasteiger partial charge in [0.15, 0.2) is 0 Å². The maximum Gasteiger partial charge on any atom is 0.256 e. The van der Waals surface area contributed by atoms with E-state index in [1.54, 1.807) is 7.11 Å². The Balaban J connectivity index is 2.61. The van der Waals surface area contributed by atoms with Crippen LogP contribution in [0.3, 0.4) is 0 Å². The SMILES string of the molecule is COc1ccc2c(c1)N([C@H](C)C(=O)NN)C(C)(C)C=C2C. The molecule has 1 aliphatic rings. The molecule has 0 aromatic heterocycles. The van der Waals surface area contributed by atoms with Gasteiger partial charge in [-0.2, -0.15) is 0 Å². The van der Waals surface area contributed by atoms with Gasteiger partial charge in [-0.15, -0.1) is 0 Å². The molecule has 114 valence electrons. The zero-order valence-corrected chi connectivity index (χ0v) is 13.2. The molecule has 1 aromatic rings. The summed E-state index contributed by atoms with van der Waals surface area (Å²) in [4.78, 5) is 14.1. The number of hydrogen-bond donors (Lipinski definition) is 2. The van der Waals surface area contributed by atoms with E-state index >= 15 is 0 Å². The number of ether oxygens (including phenoxy) is 1. The summed E-state index contributed by atoms with van der Waals surface area (Å²) in [7, 11) is 1.64. The molecule has 0 fully saturated rings. The number of anilines is 1. The van der Waals surface area contributed by atoms with Gasteiger partial charge in [0.2, 0.25) is 0 Å². The molecule has 0 aliphatic carbocycles. The molecule has 21 heavy (non-hydrogen) atoms. The molecule has 1 heterocycles. The lowest BCUT2D eigenvalue weighted by Crippen LogP contribution is -2.56. The lowest BCUT2D eigenvalue weighted by molar-refractivity contribution is -0.122. The maximum atomic E-state index is 12.0. The second-order valence-electron chi connectivity index (χ2n) is 5.92. The van der Waals surface area contributed by atoms with E-state index in [-0.39, 0.29) is 17.5 Å². The average Bonchev–Trinajstić information content (AvgIpc) is 2.44. The summed E-state index contributed by atoms with van der Waals surface area (Å²) >= 11 is 0. The Morgan fingerprint density at radius 2 is 2.10 bits per heavy atom. The molecule has 1 aromatic carbocycles. The fraction of sp³-hybridized carbons (Fsp3) is 0.438. The van der Waals surface area contributed by atoms with Crippen LogP contribution in [0, 0.1) is 0 Å². The van der Waals surface area contributed by atoms with Gasteiger partial charge in [0.25, 0.3) is 5.91 Å². The van der Waals surface area contributed by atoms with Gasteiger partial charge in [-0.05, 0) is 45.4 Å². The number of amides is 1. The molecule has 0 saturated carbocycles. The van der Waals surface area contributed by atoms with Gasteiger partial charge >= 0.3 is 0 Å². The van der Waals surface area contributed by atoms with Crippen LogP contribution in [0.5, 0.6) is 5.75 Å². The Hall–Kier alpha value is -2.01. The summed E-state index contributed by atoms with van der Waals surface area (Å²) in [6.45, 7) is 8.10. The largest absolute Gasteiger partial charge is 0.497 e. The predicted octanol–water partition coefficient (Wildman–Crippen LogP) is 2.08. The summed E-state index contributed by atoms with van der Waals surface area (Å²) in [6.07, 6.45) is 2.17. The third kappa shape index (κ3) is 2.61. The Kier molecular flexibility index (Phi) is 3.96. The molecular formula is C16H23N3O2. The van der Waals surface area contributed by atoms with E-state index in [1.165, 1.54) is 5.57 Å². The first kappa shape index (κ1) is 15.4. The topological polar surface area (TPSA) is 67.6 Å². The Morgan fingerprint density at radius 1 is 1.43 bits per heavy atom. The number of nitrogens with one attached hydrogen (secondary N) is 1. The standard InChI is InChI=1S/C16H23N3O2/c1-10-9-16(3,4)19(11(2)15(20)18-17)14-8-12(21-5)6-7-13(10)14/h6-9,11H,17H2,1-5H3,(H,18,20)/t11-/m1/s1. The number of fused-ring (bicyclic) bond motifs is 1. The lowest BCUT2D eigenvalue weighted by atomic mass is 9.87. The highest BCUT2D eigenvalue weighted by molar-refractivity contribution is 5.89. The lowest BCUT2D eigenvalue weighted by Gasteiger charge is -2.46. The van der Waals surface area contributed by atoms with Gasteiger partial charge in [-0.3, -0.25) is 10.2 Å². The Bertz CT molecular complexity index is 593. The molecule has 0 saturated heterocycles. The number of hydrazine groups is 1. The van der Waals surface area contributed by atoms with Crippen molar-refractivity contribution in [1.82, 2.24) is 5.43 Å². The second kappa shape index (κ2) is 5.41. The molecule has 5 nitrogen and oxygen atoms in total. The number of nitrogens with zero attached hydrogens (tertiary/aromatic N) is 1. The van der Waals surface area contributed by atoms with Crippen molar-refractivity contribution in [1.29, 1.82) is 0 Å². The van der Waals surface area contributed by atoms with Crippen LogP contribution in [0.4, 0.5) is 5.69 Å². The van der Waals surface area contributed by atoms with E-state index in [0.717, 1.165) is 17.0 Å². The van der Waals surface area contributed by atoms with Crippen molar-refractivity contribution in [2.45, 2.75) is 39.3 Å². The number of allylic oxidation sites excluding steroid dienone is 1. The van der Waals surface area contributed by atoms with Gasteiger partial charge in [-0.1, -0.05) is 6.08 Å². The fourth-order valence-electron chi connectivity index (χ4n) is 3.10. The Morgan fingerprint density at radius 3 is 2.67 bits per heavy atom. The quantitative estimate of drug-likeness (QED) is 0.508. The van der Waals surface area contributed by atoms with Crippen LogP contribution in [-0.4, -0.2) is 24.6 Å². The zero-order chi connectivity index (χ0) is 15.8. The van der Waals surface area contributed by atoms with Crippen molar-refractivity contribution in [2.24, 2.45) is 5.84 Å². The monoisotopic (exact) mass is 289 g/mol. The van der Waals surface area contributed by atoms with E-state index < -0.39 is 0 Å². The number of methoxy groups -OCH3 is 1. The number of carbonyl (C=O) groups excluding carboxylic acids is 1. The highest BCUT2D eigenvalue weighted by Crippen LogP contribution is 2.41. The fourth-order valence-corrected chi connectivity index (χ4v) is 3.10. The van der Waals surface area contributed by atoms with E-state index in [0.29, 0.717) is 0 Å².